The first-order chi connectivity index (χ1) is 25.6. The fourth-order valence-electron chi connectivity index (χ4n) is 8.92. The second-order valence-electron chi connectivity index (χ2n) is 15.1. The van der Waals surface area contributed by atoms with Gasteiger partial charge in [0.1, 0.15) is 11.2 Å². The van der Waals surface area contributed by atoms with Crippen molar-refractivity contribution in [1.29, 1.82) is 0 Å². The lowest BCUT2D eigenvalue weighted by Crippen LogP contribution is -2.03. The highest BCUT2D eigenvalue weighted by molar-refractivity contribution is 6.25. The number of rotatable bonds is 4. The summed E-state index contributed by atoms with van der Waals surface area (Å²) in [4.78, 5) is 0. The standard InChI is InChI=1S/C52H44O/c1-29-31(3)35(7)49-47(33(29)5)51(39-23-21-38(22-24-39)41-25-26-46-44(28-41)43-19-12-13-20-45(43)53-46)48-34(6)30(2)32(4)36(8)50(48)52(49)42-18-14-17-40(27-42)37-15-10-9-11-16-37/h9-28H,1-8H3. The number of hydrogen-bond donors (Lipinski definition) is 0. The van der Waals surface area contributed by atoms with Crippen molar-refractivity contribution in [3.8, 4) is 44.5 Å². The van der Waals surface area contributed by atoms with Gasteiger partial charge in [-0.2, -0.15) is 0 Å². The molecule has 0 bridgehead atoms. The smallest absolute Gasteiger partial charge is 0.135 e. The van der Waals surface area contributed by atoms with Crippen LogP contribution in [-0.4, -0.2) is 0 Å². The molecule has 1 heterocycles. The van der Waals surface area contributed by atoms with Gasteiger partial charge in [0, 0.05) is 10.8 Å². The molecule has 9 aromatic rings. The van der Waals surface area contributed by atoms with Crippen LogP contribution in [0.3, 0.4) is 0 Å². The van der Waals surface area contributed by atoms with Gasteiger partial charge in [0.05, 0.1) is 0 Å². The summed E-state index contributed by atoms with van der Waals surface area (Å²) in [5.74, 6) is 0. The second-order valence-corrected chi connectivity index (χ2v) is 15.1. The predicted molar refractivity (Wildman–Crippen MR) is 228 cm³/mol. The van der Waals surface area contributed by atoms with Crippen LogP contribution >= 0.6 is 0 Å². The number of furan rings is 1. The van der Waals surface area contributed by atoms with Crippen molar-refractivity contribution in [2.24, 2.45) is 0 Å². The van der Waals surface area contributed by atoms with Crippen LogP contribution in [0.15, 0.2) is 126 Å². The summed E-state index contributed by atoms with van der Waals surface area (Å²) in [5, 5.41) is 7.77. The highest BCUT2D eigenvalue weighted by Crippen LogP contribution is 2.51. The maximum Gasteiger partial charge on any atom is 0.135 e. The Morgan fingerprint density at radius 3 is 1.30 bits per heavy atom. The van der Waals surface area contributed by atoms with E-state index in [9.17, 15) is 0 Å². The predicted octanol–water partition coefficient (Wildman–Crippen LogP) is 15.0. The van der Waals surface area contributed by atoms with Crippen molar-refractivity contribution in [3.05, 3.63) is 166 Å². The summed E-state index contributed by atoms with van der Waals surface area (Å²) in [5.41, 5.74) is 22.8. The van der Waals surface area contributed by atoms with E-state index in [1.165, 1.54) is 111 Å². The maximum atomic E-state index is 6.15. The Kier molecular flexibility index (Phi) is 7.68. The summed E-state index contributed by atoms with van der Waals surface area (Å²) < 4.78 is 6.15. The zero-order valence-corrected chi connectivity index (χ0v) is 32.0. The minimum absolute atomic E-state index is 0.923. The van der Waals surface area contributed by atoms with Crippen LogP contribution in [0, 0.1) is 55.4 Å². The Balaban J connectivity index is 1.36. The van der Waals surface area contributed by atoms with Gasteiger partial charge >= 0.3 is 0 Å². The lowest BCUT2D eigenvalue weighted by Gasteiger charge is -2.27. The molecule has 0 N–H and O–H groups in total. The molecule has 258 valence electrons. The van der Waals surface area contributed by atoms with E-state index in [1.807, 2.05) is 12.1 Å². The lowest BCUT2D eigenvalue weighted by atomic mass is 9.76. The third-order valence-electron chi connectivity index (χ3n) is 12.5. The lowest BCUT2D eigenvalue weighted by molar-refractivity contribution is 0.669. The molecule has 1 nitrogen and oxygen atoms in total. The molecule has 1 aromatic heterocycles. The summed E-state index contributed by atoms with van der Waals surface area (Å²) in [6.07, 6.45) is 0. The molecule has 0 spiro atoms. The van der Waals surface area contributed by atoms with Crippen molar-refractivity contribution in [2.45, 2.75) is 55.4 Å². The van der Waals surface area contributed by atoms with Crippen molar-refractivity contribution in [2.75, 3.05) is 0 Å². The molecule has 1 heteroatoms. The average Bonchev–Trinajstić information content (AvgIpc) is 3.58. The molecule has 0 unspecified atom stereocenters. The number of benzene rings is 8. The van der Waals surface area contributed by atoms with Crippen LogP contribution in [-0.2, 0) is 0 Å². The molecule has 0 saturated carbocycles. The molecule has 0 amide bonds. The molecule has 0 fully saturated rings. The van der Waals surface area contributed by atoms with Crippen molar-refractivity contribution in [1.82, 2.24) is 0 Å². The Bertz CT molecular complexity index is 2860. The minimum atomic E-state index is 0.923. The molecule has 0 saturated heterocycles. The normalized spacial score (nSPS) is 11.8. The van der Waals surface area contributed by atoms with E-state index in [1.54, 1.807) is 0 Å². The zero-order valence-electron chi connectivity index (χ0n) is 32.0. The molecular weight excluding hydrogens is 641 g/mol. The molecule has 0 aliphatic carbocycles. The molecular formula is C52H44O. The molecule has 0 radical (unpaired) electrons. The highest BCUT2D eigenvalue weighted by Gasteiger charge is 2.26. The SMILES string of the molecule is Cc1c(C)c(C)c2c(-c3cccc(-c4ccccc4)c3)c3c(C)c(C)c(C)c(C)c3c(-c3ccc(-c4ccc5oc6ccccc6c5c4)cc3)c2c1C. The van der Waals surface area contributed by atoms with Crippen LogP contribution in [0.4, 0.5) is 0 Å². The van der Waals surface area contributed by atoms with Crippen molar-refractivity contribution >= 4 is 43.5 Å². The van der Waals surface area contributed by atoms with E-state index in [-0.39, 0.29) is 0 Å². The Morgan fingerprint density at radius 1 is 0.283 bits per heavy atom. The number of hydrogen-bond acceptors (Lipinski definition) is 1. The fraction of sp³-hybridized carbons (Fsp3) is 0.154. The van der Waals surface area contributed by atoms with Crippen LogP contribution in [0.25, 0.3) is 88.0 Å². The molecule has 9 rings (SSSR count). The quantitative estimate of drug-likeness (QED) is 0.168. The van der Waals surface area contributed by atoms with E-state index in [0.717, 1.165) is 21.9 Å². The molecule has 0 aliphatic heterocycles. The fourth-order valence-corrected chi connectivity index (χ4v) is 8.92. The number of fused-ring (bicyclic) bond motifs is 5. The number of aryl methyl sites for hydroxylation is 4. The summed E-state index contributed by atoms with van der Waals surface area (Å²) >= 11 is 0. The van der Waals surface area contributed by atoms with Gasteiger partial charge in [-0.05, 0) is 190 Å². The van der Waals surface area contributed by atoms with Gasteiger partial charge in [-0.25, -0.2) is 0 Å². The maximum absolute atomic E-state index is 6.15. The Labute approximate surface area is 312 Å². The van der Waals surface area contributed by atoms with Crippen LogP contribution in [0.5, 0.6) is 0 Å². The molecule has 0 aliphatic rings. The topological polar surface area (TPSA) is 13.1 Å². The van der Waals surface area contributed by atoms with E-state index >= 15 is 0 Å². The van der Waals surface area contributed by atoms with Crippen molar-refractivity contribution < 1.29 is 4.42 Å². The summed E-state index contributed by atoms with van der Waals surface area (Å²) in [7, 11) is 0. The van der Waals surface area contributed by atoms with Gasteiger partial charge in [-0.3, -0.25) is 0 Å². The summed E-state index contributed by atoms with van der Waals surface area (Å²) in [6.45, 7) is 18.6. The first-order valence-corrected chi connectivity index (χ1v) is 18.8. The summed E-state index contributed by atoms with van der Waals surface area (Å²) in [6, 6.07) is 44.2. The third kappa shape index (κ3) is 4.98. The highest BCUT2D eigenvalue weighted by atomic mass is 16.3. The molecule has 53 heavy (non-hydrogen) atoms. The number of para-hydroxylation sites is 1. The van der Waals surface area contributed by atoms with E-state index in [2.05, 4.69) is 165 Å². The molecule has 0 atom stereocenters. The minimum Gasteiger partial charge on any atom is -0.456 e. The zero-order chi connectivity index (χ0) is 36.7. The van der Waals surface area contributed by atoms with Crippen LogP contribution in [0.2, 0.25) is 0 Å². The Hall–Kier alpha value is -5.92. The first-order valence-electron chi connectivity index (χ1n) is 18.8. The van der Waals surface area contributed by atoms with Gasteiger partial charge < -0.3 is 4.42 Å². The largest absolute Gasteiger partial charge is 0.456 e. The Morgan fingerprint density at radius 2 is 0.698 bits per heavy atom. The van der Waals surface area contributed by atoms with Crippen molar-refractivity contribution in [3.63, 3.8) is 0 Å². The third-order valence-corrected chi connectivity index (χ3v) is 12.5. The van der Waals surface area contributed by atoms with E-state index in [0.29, 0.717) is 0 Å². The van der Waals surface area contributed by atoms with Gasteiger partial charge in [0.15, 0.2) is 0 Å². The van der Waals surface area contributed by atoms with Gasteiger partial charge in [-0.1, -0.05) is 97.1 Å². The monoisotopic (exact) mass is 684 g/mol. The first kappa shape index (κ1) is 33.0. The van der Waals surface area contributed by atoms with Gasteiger partial charge in [0.25, 0.3) is 0 Å². The van der Waals surface area contributed by atoms with Crippen LogP contribution in [0.1, 0.15) is 44.5 Å². The van der Waals surface area contributed by atoms with E-state index in [4.69, 9.17) is 4.42 Å². The molecule has 8 aromatic carbocycles. The van der Waals surface area contributed by atoms with Gasteiger partial charge in [0.2, 0.25) is 0 Å². The second kappa shape index (κ2) is 12.3. The van der Waals surface area contributed by atoms with E-state index < -0.39 is 0 Å². The average molecular weight is 685 g/mol. The van der Waals surface area contributed by atoms with Gasteiger partial charge in [-0.15, -0.1) is 0 Å². The van der Waals surface area contributed by atoms with Crippen LogP contribution < -0.4 is 0 Å².